The molecule has 0 aliphatic carbocycles. The standard InChI is InChI=1S/C13H17N3O2/c1-10-8-14-4-5-16(10)9-11-7-13(18-15-11)12-3-2-6-17-12/h2-3,6-7,10,14H,4-5,8-9H2,1H3/t10-/m0/s1. The SMILES string of the molecule is C[C@H]1CNCCN1Cc1cc(-c2ccco2)on1. The van der Waals surface area contributed by atoms with Crippen LogP contribution in [0, 0.1) is 0 Å². The van der Waals surface area contributed by atoms with Gasteiger partial charge in [-0.15, -0.1) is 0 Å². The first-order valence-corrected chi connectivity index (χ1v) is 6.27. The lowest BCUT2D eigenvalue weighted by molar-refractivity contribution is 0.161. The molecule has 1 aliphatic heterocycles. The lowest BCUT2D eigenvalue weighted by Gasteiger charge is -2.33. The second-order valence-electron chi connectivity index (χ2n) is 4.68. The average molecular weight is 247 g/mol. The van der Waals surface area contributed by atoms with Gasteiger partial charge in [-0.1, -0.05) is 5.16 Å². The highest BCUT2D eigenvalue weighted by atomic mass is 16.5. The van der Waals surface area contributed by atoms with E-state index in [2.05, 4.69) is 22.3 Å². The molecule has 0 unspecified atom stereocenters. The normalized spacial score (nSPS) is 21.3. The van der Waals surface area contributed by atoms with Gasteiger partial charge < -0.3 is 14.3 Å². The predicted octanol–water partition coefficient (Wildman–Crippen LogP) is 1.73. The van der Waals surface area contributed by atoms with Crippen LogP contribution in [-0.2, 0) is 6.54 Å². The Labute approximate surface area is 106 Å². The Morgan fingerprint density at radius 2 is 2.44 bits per heavy atom. The van der Waals surface area contributed by atoms with E-state index < -0.39 is 0 Å². The smallest absolute Gasteiger partial charge is 0.202 e. The van der Waals surface area contributed by atoms with Crippen LogP contribution in [0.25, 0.3) is 11.5 Å². The average Bonchev–Trinajstić information content (AvgIpc) is 3.02. The van der Waals surface area contributed by atoms with Gasteiger partial charge in [0.1, 0.15) is 0 Å². The highest BCUT2D eigenvalue weighted by molar-refractivity contribution is 5.49. The summed E-state index contributed by atoms with van der Waals surface area (Å²) in [5.74, 6) is 1.42. The summed E-state index contributed by atoms with van der Waals surface area (Å²) in [5, 5.41) is 7.48. The Morgan fingerprint density at radius 1 is 1.50 bits per heavy atom. The summed E-state index contributed by atoms with van der Waals surface area (Å²) in [6.45, 7) is 6.16. The fraction of sp³-hybridized carbons (Fsp3) is 0.462. The zero-order valence-corrected chi connectivity index (χ0v) is 10.4. The Bertz CT molecular complexity index is 492. The zero-order valence-electron chi connectivity index (χ0n) is 10.4. The van der Waals surface area contributed by atoms with Gasteiger partial charge in [-0.2, -0.15) is 0 Å². The molecule has 5 nitrogen and oxygen atoms in total. The molecule has 18 heavy (non-hydrogen) atoms. The molecule has 1 saturated heterocycles. The van der Waals surface area contributed by atoms with Crippen LogP contribution < -0.4 is 5.32 Å². The molecular weight excluding hydrogens is 230 g/mol. The van der Waals surface area contributed by atoms with Crippen molar-refractivity contribution in [1.82, 2.24) is 15.4 Å². The zero-order chi connectivity index (χ0) is 12.4. The Balaban J connectivity index is 1.70. The summed E-state index contributed by atoms with van der Waals surface area (Å²) in [7, 11) is 0. The summed E-state index contributed by atoms with van der Waals surface area (Å²) in [6, 6.07) is 6.20. The molecule has 1 atom stereocenters. The van der Waals surface area contributed by atoms with E-state index in [9.17, 15) is 0 Å². The number of hydrogen-bond acceptors (Lipinski definition) is 5. The van der Waals surface area contributed by atoms with Crippen molar-refractivity contribution in [1.29, 1.82) is 0 Å². The van der Waals surface area contributed by atoms with Crippen LogP contribution >= 0.6 is 0 Å². The molecule has 2 aromatic rings. The lowest BCUT2D eigenvalue weighted by Crippen LogP contribution is -2.49. The third kappa shape index (κ3) is 2.32. The summed E-state index contributed by atoms with van der Waals surface area (Å²) >= 11 is 0. The fourth-order valence-electron chi connectivity index (χ4n) is 2.25. The van der Waals surface area contributed by atoms with Crippen LogP contribution in [0.3, 0.4) is 0 Å². The third-order valence-corrected chi connectivity index (χ3v) is 3.33. The fourth-order valence-corrected chi connectivity index (χ4v) is 2.25. The predicted molar refractivity (Wildman–Crippen MR) is 66.9 cm³/mol. The highest BCUT2D eigenvalue weighted by Crippen LogP contribution is 2.21. The Morgan fingerprint density at radius 3 is 3.22 bits per heavy atom. The van der Waals surface area contributed by atoms with Crippen molar-refractivity contribution in [2.45, 2.75) is 19.5 Å². The van der Waals surface area contributed by atoms with E-state index in [1.807, 2.05) is 18.2 Å². The van der Waals surface area contributed by atoms with Gasteiger partial charge in [0.05, 0.1) is 12.0 Å². The van der Waals surface area contributed by atoms with Crippen molar-refractivity contribution < 1.29 is 8.94 Å². The van der Waals surface area contributed by atoms with Crippen molar-refractivity contribution >= 4 is 0 Å². The van der Waals surface area contributed by atoms with Crippen LogP contribution in [0.5, 0.6) is 0 Å². The first-order chi connectivity index (χ1) is 8.83. The van der Waals surface area contributed by atoms with Gasteiger partial charge in [-0.25, -0.2) is 0 Å². The minimum absolute atomic E-state index is 0.530. The molecule has 1 fully saturated rings. The van der Waals surface area contributed by atoms with Gasteiger partial charge in [0, 0.05) is 38.3 Å². The minimum Gasteiger partial charge on any atom is -0.461 e. The van der Waals surface area contributed by atoms with Gasteiger partial charge in [-0.05, 0) is 19.1 Å². The van der Waals surface area contributed by atoms with Crippen LogP contribution in [0.2, 0.25) is 0 Å². The first kappa shape index (κ1) is 11.5. The minimum atomic E-state index is 0.530. The molecule has 0 spiro atoms. The van der Waals surface area contributed by atoms with Crippen molar-refractivity contribution in [3.63, 3.8) is 0 Å². The number of aromatic nitrogens is 1. The van der Waals surface area contributed by atoms with Crippen LogP contribution in [0.4, 0.5) is 0 Å². The monoisotopic (exact) mass is 247 g/mol. The molecule has 1 aliphatic rings. The molecule has 0 aromatic carbocycles. The van der Waals surface area contributed by atoms with E-state index in [1.165, 1.54) is 0 Å². The number of piperazine rings is 1. The van der Waals surface area contributed by atoms with Crippen LogP contribution in [0.15, 0.2) is 33.4 Å². The number of hydrogen-bond donors (Lipinski definition) is 1. The largest absolute Gasteiger partial charge is 0.461 e. The molecule has 96 valence electrons. The van der Waals surface area contributed by atoms with Gasteiger partial charge in [0.15, 0.2) is 5.76 Å². The summed E-state index contributed by atoms with van der Waals surface area (Å²) in [5.41, 5.74) is 0.954. The molecule has 5 heteroatoms. The molecular formula is C13H17N3O2. The van der Waals surface area contributed by atoms with Crippen molar-refractivity contribution in [2.24, 2.45) is 0 Å². The molecule has 0 radical (unpaired) electrons. The van der Waals surface area contributed by atoms with E-state index >= 15 is 0 Å². The maximum atomic E-state index is 5.30. The number of nitrogens with zero attached hydrogens (tertiary/aromatic N) is 2. The summed E-state index contributed by atoms with van der Waals surface area (Å²) in [6.07, 6.45) is 1.63. The van der Waals surface area contributed by atoms with E-state index in [4.69, 9.17) is 8.94 Å². The quantitative estimate of drug-likeness (QED) is 0.895. The molecule has 1 N–H and O–H groups in total. The maximum absolute atomic E-state index is 5.30. The van der Waals surface area contributed by atoms with Gasteiger partial charge in [0.2, 0.25) is 5.76 Å². The molecule has 3 heterocycles. The maximum Gasteiger partial charge on any atom is 0.202 e. The Kier molecular flexibility index (Phi) is 3.17. The summed E-state index contributed by atoms with van der Waals surface area (Å²) < 4.78 is 10.6. The van der Waals surface area contributed by atoms with E-state index in [-0.39, 0.29) is 0 Å². The topological polar surface area (TPSA) is 54.4 Å². The Hall–Kier alpha value is -1.59. The number of rotatable bonds is 3. The van der Waals surface area contributed by atoms with Crippen molar-refractivity contribution in [3.8, 4) is 11.5 Å². The second kappa shape index (κ2) is 4.96. The lowest BCUT2D eigenvalue weighted by atomic mass is 10.2. The van der Waals surface area contributed by atoms with Crippen LogP contribution in [-0.4, -0.2) is 35.7 Å². The first-order valence-electron chi connectivity index (χ1n) is 6.27. The molecule has 0 saturated carbocycles. The highest BCUT2D eigenvalue weighted by Gasteiger charge is 2.19. The van der Waals surface area contributed by atoms with Gasteiger partial charge in [-0.3, -0.25) is 4.90 Å². The summed E-state index contributed by atoms with van der Waals surface area (Å²) in [4.78, 5) is 2.40. The number of furan rings is 1. The third-order valence-electron chi connectivity index (χ3n) is 3.33. The van der Waals surface area contributed by atoms with E-state index in [0.717, 1.165) is 37.6 Å². The molecule has 3 rings (SSSR count). The number of nitrogens with one attached hydrogen (secondary N) is 1. The second-order valence-corrected chi connectivity index (χ2v) is 4.68. The van der Waals surface area contributed by atoms with E-state index in [0.29, 0.717) is 11.8 Å². The van der Waals surface area contributed by atoms with Gasteiger partial charge >= 0.3 is 0 Å². The van der Waals surface area contributed by atoms with Crippen molar-refractivity contribution in [3.05, 3.63) is 30.2 Å². The van der Waals surface area contributed by atoms with E-state index in [1.54, 1.807) is 6.26 Å². The van der Waals surface area contributed by atoms with Crippen molar-refractivity contribution in [2.75, 3.05) is 19.6 Å². The van der Waals surface area contributed by atoms with Crippen LogP contribution in [0.1, 0.15) is 12.6 Å². The molecule has 0 amide bonds. The van der Waals surface area contributed by atoms with Gasteiger partial charge in [0.25, 0.3) is 0 Å². The molecule has 0 bridgehead atoms. The molecule has 2 aromatic heterocycles.